The summed E-state index contributed by atoms with van der Waals surface area (Å²) in [7, 11) is 0. The van der Waals surface area contributed by atoms with E-state index in [1.165, 1.54) is 0 Å². The van der Waals surface area contributed by atoms with Gasteiger partial charge in [-0.1, -0.05) is 13.3 Å². The van der Waals surface area contributed by atoms with Crippen LogP contribution in [0, 0.1) is 17.2 Å². The van der Waals surface area contributed by atoms with Crippen molar-refractivity contribution in [1.29, 1.82) is 5.26 Å². The van der Waals surface area contributed by atoms with Crippen LogP contribution < -0.4 is 5.32 Å². The summed E-state index contributed by atoms with van der Waals surface area (Å²) in [5.41, 5.74) is -0.572. The van der Waals surface area contributed by atoms with Crippen LogP contribution >= 0.6 is 0 Å². The van der Waals surface area contributed by atoms with Gasteiger partial charge in [0.25, 0.3) is 0 Å². The summed E-state index contributed by atoms with van der Waals surface area (Å²) in [6.07, 6.45) is -0.259. The second-order valence-corrected chi connectivity index (χ2v) is 5.06. The van der Waals surface area contributed by atoms with Crippen molar-refractivity contribution in [3.8, 4) is 6.07 Å². The van der Waals surface area contributed by atoms with Crippen molar-refractivity contribution in [3.05, 3.63) is 0 Å². The summed E-state index contributed by atoms with van der Waals surface area (Å²) in [4.78, 5) is 0. The number of hydrogen-bond donors (Lipinski definition) is 1. The zero-order valence-corrected chi connectivity index (χ0v) is 11.2. The Morgan fingerprint density at radius 1 is 1.47 bits per heavy atom. The molecule has 1 aliphatic carbocycles. The number of alkyl halides is 3. The van der Waals surface area contributed by atoms with Crippen molar-refractivity contribution in [2.75, 3.05) is 19.8 Å². The Hall–Kier alpha value is -0.800. The van der Waals surface area contributed by atoms with E-state index in [0.717, 1.165) is 32.2 Å². The maximum Gasteiger partial charge on any atom is 0.411 e. The van der Waals surface area contributed by atoms with E-state index in [0.29, 0.717) is 6.42 Å². The summed E-state index contributed by atoms with van der Waals surface area (Å²) in [6, 6.07) is 2.33. The number of ether oxygens (including phenoxy) is 1. The molecule has 1 aliphatic rings. The Kier molecular flexibility index (Phi) is 6.08. The van der Waals surface area contributed by atoms with Crippen LogP contribution in [-0.2, 0) is 4.74 Å². The van der Waals surface area contributed by atoms with Crippen LogP contribution in [-0.4, -0.2) is 31.5 Å². The summed E-state index contributed by atoms with van der Waals surface area (Å²) >= 11 is 0. The van der Waals surface area contributed by atoms with Gasteiger partial charge < -0.3 is 4.74 Å². The maximum absolute atomic E-state index is 12.0. The lowest BCUT2D eigenvalue weighted by molar-refractivity contribution is -0.174. The second kappa shape index (κ2) is 7.11. The molecule has 110 valence electrons. The van der Waals surface area contributed by atoms with Gasteiger partial charge in [0.15, 0.2) is 0 Å². The molecule has 0 amide bonds. The molecule has 0 bridgehead atoms. The minimum absolute atomic E-state index is 0.0570. The highest BCUT2D eigenvalue weighted by atomic mass is 19.4. The van der Waals surface area contributed by atoms with Crippen LogP contribution in [0.5, 0.6) is 0 Å². The molecule has 2 atom stereocenters. The molecule has 0 aliphatic heterocycles. The van der Waals surface area contributed by atoms with Crippen LogP contribution in [0.4, 0.5) is 13.2 Å². The van der Waals surface area contributed by atoms with E-state index < -0.39 is 18.3 Å². The van der Waals surface area contributed by atoms with E-state index in [9.17, 15) is 18.4 Å². The van der Waals surface area contributed by atoms with Crippen molar-refractivity contribution in [2.45, 2.75) is 50.7 Å². The fourth-order valence-electron chi connectivity index (χ4n) is 2.65. The molecule has 1 rings (SSSR count). The van der Waals surface area contributed by atoms with Crippen LogP contribution in [0.1, 0.15) is 39.0 Å². The standard InChI is InChI=1S/C13H21F3N2O/c1-2-7-18-12(9-17)6-3-4-11(12)5-8-19-10-13(14,15)16/h11,18H,2-8,10H2,1H3. The molecule has 0 aromatic rings. The zero-order chi connectivity index (χ0) is 14.4. The molecule has 1 saturated carbocycles. The molecule has 0 heterocycles. The van der Waals surface area contributed by atoms with Gasteiger partial charge in [-0.2, -0.15) is 18.4 Å². The van der Waals surface area contributed by atoms with Crippen LogP contribution in [0.3, 0.4) is 0 Å². The largest absolute Gasteiger partial charge is 0.411 e. The van der Waals surface area contributed by atoms with Crippen molar-refractivity contribution < 1.29 is 17.9 Å². The van der Waals surface area contributed by atoms with E-state index in [2.05, 4.69) is 16.1 Å². The van der Waals surface area contributed by atoms with Crippen molar-refractivity contribution in [1.82, 2.24) is 5.32 Å². The fraction of sp³-hybridized carbons (Fsp3) is 0.923. The van der Waals surface area contributed by atoms with Crippen LogP contribution in [0.25, 0.3) is 0 Å². The molecule has 0 spiro atoms. The second-order valence-electron chi connectivity index (χ2n) is 5.06. The number of hydrogen-bond acceptors (Lipinski definition) is 3. The highest BCUT2D eigenvalue weighted by molar-refractivity contribution is 5.13. The lowest BCUT2D eigenvalue weighted by Crippen LogP contribution is -2.47. The Bertz CT molecular complexity index is 314. The molecule has 3 nitrogen and oxygen atoms in total. The predicted octanol–water partition coefficient (Wildman–Crippen LogP) is 3.02. The van der Waals surface area contributed by atoms with Crippen LogP contribution in [0.15, 0.2) is 0 Å². The van der Waals surface area contributed by atoms with Gasteiger partial charge in [0.2, 0.25) is 0 Å². The highest BCUT2D eigenvalue weighted by Crippen LogP contribution is 2.37. The minimum atomic E-state index is -4.28. The molecule has 0 radical (unpaired) electrons. The van der Waals surface area contributed by atoms with Crippen molar-refractivity contribution in [3.63, 3.8) is 0 Å². The SMILES string of the molecule is CCCNC1(C#N)CCCC1CCOCC(F)(F)F. The Morgan fingerprint density at radius 2 is 2.21 bits per heavy atom. The number of nitrogens with zero attached hydrogens (tertiary/aromatic N) is 1. The Labute approximate surface area is 112 Å². The fourth-order valence-corrected chi connectivity index (χ4v) is 2.65. The monoisotopic (exact) mass is 278 g/mol. The molecule has 19 heavy (non-hydrogen) atoms. The third-order valence-corrected chi connectivity index (χ3v) is 3.59. The third kappa shape index (κ3) is 5.00. The van der Waals surface area contributed by atoms with E-state index in [-0.39, 0.29) is 12.5 Å². The van der Waals surface area contributed by atoms with Crippen LogP contribution in [0.2, 0.25) is 0 Å². The van der Waals surface area contributed by atoms with E-state index in [4.69, 9.17) is 0 Å². The Morgan fingerprint density at radius 3 is 2.79 bits per heavy atom. The van der Waals surface area contributed by atoms with E-state index in [1.807, 2.05) is 6.92 Å². The molecular formula is C13H21F3N2O. The average Bonchev–Trinajstić information content (AvgIpc) is 2.74. The van der Waals surface area contributed by atoms with E-state index >= 15 is 0 Å². The normalized spacial score (nSPS) is 27.4. The predicted molar refractivity (Wildman–Crippen MR) is 65.5 cm³/mol. The number of nitriles is 1. The summed E-state index contributed by atoms with van der Waals surface area (Å²) in [5.74, 6) is 0.0808. The quantitative estimate of drug-likeness (QED) is 0.728. The van der Waals surface area contributed by atoms with Gasteiger partial charge in [0.05, 0.1) is 6.07 Å². The van der Waals surface area contributed by atoms with Gasteiger partial charge >= 0.3 is 6.18 Å². The smallest absolute Gasteiger partial charge is 0.372 e. The first-order valence-electron chi connectivity index (χ1n) is 6.74. The topological polar surface area (TPSA) is 45.0 Å². The molecule has 1 fully saturated rings. The molecule has 0 aromatic carbocycles. The Balaban J connectivity index is 2.41. The highest BCUT2D eigenvalue weighted by Gasteiger charge is 2.42. The van der Waals surface area contributed by atoms with Gasteiger partial charge in [0.1, 0.15) is 12.1 Å². The number of rotatable bonds is 7. The molecule has 1 N–H and O–H groups in total. The van der Waals surface area contributed by atoms with Gasteiger partial charge in [-0.15, -0.1) is 0 Å². The first kappa shape index (κ1) is 16.3. The number of nitrogens with one attached hydrogen (secondary N) is 1. The molecule has 0 saturated heterocycles. The summed E-state index contributed by atoms with van der Waals surface area (Å²) < 4.78 is 40.5. The van der Waals surface area contributed by atoms with Gasteiger partial charge in [-0.05, 0) is 38.1 Å². The maximum atomic E-state index is 12.0. The lowest BCUT2D eigenvalue weighted by Gasteiger charge is -2.30. The van der Waals surface area contributed by atoms with Crippen molar-refractivity contribution >= 4 is 0 Å². The summed E-state index contributed by atoms with van der Waals surface area (Å²) in [5, 5.41) is 12.6. The minimum Gasteiger partial charge on any atom is -0.372 e. The average molecular weight is 278 g/mol. The first-order valence-corrected chi connectivity index (χ1v) is 6.74. The van der Waals surface area contributed by atoms with Crippen molar-refractivity contribution in [2.24, 2.45) is 5.92 Å². The van der Waals surface area contributed by atoms with Gasteiger partial charge in [0, 0.05) is 6.61 Å². The van der Waals surface area contributed by atoms with Gasteiger partial charge in [-0.3, -0.25) is 5.32 Å². The third-order valence-electron chi connectivity index (χ3n) is 3.59. The molecule has 6 heteroatoms. The summed E-state index contributed by atoms with van der Waals surface area (Å²) in [6.45, 7) is 1.63. The zero-order valence-electron chi connectivity index (χ0n) is 11.2. The molecule has 0 aromatic heterocycles. The lowest BCUT2D eigenvalue weighted by atomic mass is 9.86. The van der Waals surface area contributed by atoms with Gasteiger partial charge in [-0.25, -0.2) is 0 Å². The first-order chi connectivity index (χ1) is 8.93. The van der Waals surface area contributed by atoms with E-state index in [1.54, 1.807) is 0 Å². The number of halogens is 3. The molecular weight excluding hydrogens is 257 g/mol. The molecule has 2 unspecified atom stereocenters.